The van der Waals surface area contributed by atoms with Gasteiger partial charge in [-0.15, -0.1) is 0 Å². The van der Waals surface area contributed by atoms with Gasteiger partial charge in [-0.3, -0.25) is 0 Å². The first-order chi connectivity index (χ1) is 5.29. The molecule has 52 valence electrons. The summed E-state index contributed by atoms with van der Waals surface area (Å²) in [4.78, 5) is 7.08. The first kappa shape index (κ1) is 6.92. The molecular formula is C7H4BBrN2. The highest BCUT2D eigenvalue weighted by Crippen LogP contribution is 2.16. The van der Waals surface area contributed by atoms with Crippen LogP contribution in [0.2, 0.25) is 0 Å². The molecule has 0 atom stereocenters. The molecule has 2 aromatic heterocycles. The van der Waals surface area contributed by atoms with Crippen LogP contribution in [0.1, 0.15) is 0 Å². The zero-order chi connectivity index (χ0) is 7.84. The summed E-state index contributed by atoms with van der Waals surface area (Å²) in [7, 11) is 5.67. The Morgan fingerprint density at radius 1 is 1.55 bits per heavy atom. The van der Waals surface area contributed by atoms with Gasteiger partial charge in [0.05, 0.1) is 5.52 Å². The molecule has 0 unspecified atom stereocenters. The molecule has 2 nitrogen and oxygen atoms in total. The number of aromatic amines is 1. The Labute approximate surface area is 73.6 Å². The van der Waals surface area contributed by atoms with Gasteiger partial charge in [-0.1, -0.05) is 5.46 Å². The summed E-state index contributed by atoms with van der Waals surface area (Å²) in [6.07, 6.45) is 3.48. The molecule has 0 spiro atoms. The van der Waals surface area contributed by atoms with Crippen LogP contribution >= 0.6 is 15.9 Å². The lowest BCUT2D eigenvalue weighted by atomic mass is 9.95. The van der Waals surface area contributed by atoms with Crippen molar-refractivity contribution in [3.8, 4) is 0 Å². The molecule has 1 N–H and O–H groups in total. The van der Waals surface area contributed by atoms with E-state index in [0.717, 1.165) is 15.5 Å². The molecular weight excluding hydrogens is 203 g/mol. The lowest BCUT2D eigenvalue weighted by Gasteiger charge is -1.96. The van der Waals surface area contributed by atoms with Crippen molar-refractivity contribution in [1.29, 1.82) is 0 Å². The number of halogens is 1. The quantitative estimate of drug-likeness (QED) is 0.508. The van der Waals surface area contributed by atoms with Crippen LogP contribution < -0.4 is 5.46 Å². The minimum absolute atomic E-state index is 0.699. The Morgan fingerprint density at radius 3 is 3.09 bits per heavy atom. The molecule has 2 rings (SSSR count). The van der Waals surface area contributed by atoms with Crippen LogP contribution in [-0.2, 0) is 0 Å². The second-order valence-corrected chi connectivity index (χ2v) is 3.02. The predicted octanol–water partition coefficient (Wildman–Crippen LogP) is 1.12. The van der Waals surface area contributed by atoms with E-state index in [1.807, 2.05) is 12.3 Å². The number of nitrogens with one attached hydrogen (secondary N) is 1. The van der Waals surface area contributed by atoms with Gasteiger partial charge >= 0.3 is 0 Å². The maximum absolute atomic E-state index is 5.67. The zero-order valence-corrected chi connectivity index (χ0v) is 7.22. The molecule has 0 aliphatic heterocycles. The van der Waals surface area contributed by atoms with Gasteiger partial charge in [-0.2, -0.15) is 0 Å². The van der Waals surface area contributed by atoms with Crippen molar-refractivity contribution in [2.75, 3.05) is 0 Å². The Balaban J connectivity index is 2.96. The Hall–Kier alpha value is -0.765. The highest BCUT2D eigenvalue weighted by Gasteiger charge is 2.01. The fourth-order valence-corrected chi connectivity index (χ4v) is 1.47. The highest BCUT2D eigenvalue weighted by molar-refractivity contribution is 9.10. The number of rotatable bonds is 0. The molecule has 0 saturated carbocycles. The van der Waals surface area contributed by atoms with E-state index in [0.29, 0.717) is 5.46 Å². The van der Waals surface area contributed by atoms with Gasteiger partial charge in [0, 0.05) is 12.4 Å². The van der Waals surface area contributed by atoms with Crippen LogP contribution in [0.3, 0.4) is 0 Å². The number of hydrogen-bond acceptors (Lipinski definition) is 1. The van der Waals surface area contributed by atoms with Crippen LogP contribution in [0.25, 0.3) is 10.9 Å². The summed E-state index contributed by atoms with van der Waals surface area (Å²) in [6, 6.07) is 1.93. The second kappa shape index (κ2) is 2.38. The van der Waals surface area contributed by atoms with Gasteiger partial charge < -0.3 is 4.98 Å². The standard InChI is InChI=1S/C7H4BBrN2/c8-5-3-11-7(9)6-4(5)1-2-10-6/h1-3,10H. The van der Waals surface area contributed by atoms with Crippen molar-refractivity contribution in [2.45, 2.75) is 0 Å². The Bertz CT molecular complexity index is 360. The molecule has 2 heterocycles. The number of aromatic nitrogens is 2. The van der Waals surface area contributed by atoms with Gasteiger partial charge in [0.2, 0.25) is 0 Å². The largest absolute Gasteiger partial charge is 0.359 e. The summed E-state index contributed by atoms with van der Waals surface area (Å²) in [5.74, 6) is 0. The van der Waals surface area contributed by atoms with E-state index in [9.17, 15) is 0 Å². The monoisotopic (exact) mass is 206 g/mol. The van der Waals surface area contributed by atoms with Crippen LogP contribution in [0.15, 0.2) is 23.1 Å². The number of pyridine rings is 1. The molecule has 0 fully saturated rings. The van der Waals surface area contributed by atoms with Gasteiger partial charge in [-0.05, 0) is 27.4 Å². The summed E-state index contributed by atoms with van der Waals surface area (Å²) in [5, 5.41) is 1.01. The maximum atomic E-state index is 5.67. The van der Waals surface area contributed by atoms with Gasteiger partial charge in [-0.25, -0.2) is 4.98 Å². The zero-order valence-electron chi connectivity index (χ0n) is 5.63. The molecule has 0 aliphatic carbocycles. The Kier molecular flexibility index (Phi) is 1.49. The fraction of sp³-hybridized carbons (Fsp3) is 0. The van der Waals surface area contributed by atoms with Crippen LogP contribution in [0.4, 0.5) is 0 Å². The first-order valence-electron chi connectivity index (χ1n) is 3.16. The van der Waals surface area contributed by atoms with E-state index >= 15 is 0 Å². The first-order valence-corrected chi connectivity index (χ1v) is 3.95. The third-order valence-corrected chi connectivity index (χ3v) is 2.18. The minimum atomic E-state index is 0.699. The SMILES string of the molecule is [B]c1cnc(Br)c2[nH]ccc12. The second-order valence-electron chi connectivity index (χ2n) is 2.27. The lowest BCUT2D eigenvalue weighted by Crippen LogP contribution is -2.03. The number of H-pyrrole nitrogens is 1. The molecule has 2 radical (unpaired) electrons. The molecule has 0 saturated heterocycles. The average Bonchev–Trinajstić information content (AvgIpc) is 2.45. The van der Waals surface area contributed by atoms with Crippen LogP contribution in [0, 0.1) is 0 Å². The topological polar surface area (TPSA) is 28.7 Å². The van der Waals surface area contributed by atoms with E-state index in [1.165, 1.54) is 0 Å². The lowest BCUT2D eigenvalue weighted by molar-refractivity contribution is 1.30. The van der Waals surface area contributed by atoms with Crippen LogP contribution in [0.5, 0.6) is 0 Å². The molecule has 2 aromatic rings. The van der Waals surface area contributed by atoms with Gasteiger partial charge in [0.15, 0.2) is 0 Å². The third kappa shape index (κ3) is 0.978. The average molecular weight is 207 g/mol. The maximum Gasteiger partial charge on any atom is 0.130 e. The van der Waals surface area contributed by atoms with E-state index < -0.39 is 0 Å². The number of nitrogens with zero attached hydrogens (tertiary/aromatic N) is 1. The van der Waals surface area contributed by atoms with Crippen molar-refractivity contribution in [2.24, 2.45) is 0 Å². The highest BCUT2D eigenvalue weighted by atomic mass is 79.9. The van der Waals surface area contributed by atoms with Crippen molar-refractivity contribution in [3.05, 3.63) is 23.1 Å². The van der Waals surface area contributed by atoms with Gasteiger partial charge in [0.25, 0.3) is 0 Å². The molecule has 0 aromatic carbocycles. The van der Waals surface area contributed by atoms with Crippen molar-refractivity contribution in [1.82, 2.24) is 9.97 Å². The van der Waals surface area contributed by atoms with Crippen molar-refractivity contribution >= 4 is 40.1 Å². The molecule has 0 bridgehead atoms. The van der Waals surface area contributed by atoms with E-state index in [4.69, 9.17) is 7.85 Å². The summed E-state index contributed by atoms with van der Waals surface area (Å²) in [5.41, 5.74) is 1.65. The summed E-state index contributed by atoms with van der Waals surface area (Å²) < 4.78 is 0.798. The van der Waals surface area contributed by atoms with E-state index in [2.05, 4.69) is 25.9 Å². The Morgan fingerprint density at radius 2 is 2.36 bits per heavy atom. The molecule has 0 amide bonds. The number of fused-ring (bicyclic) bond motifs is 1. The number of hydrogen-bond donors (Lipinski definition) is 1. The molecule has 11 heavy (non-hydrogen) atoms. The van der Waals surface area contributed by atoms with Crippen molar-refractivity contribution < 1.29 is 0 Å². The molecule has 4 heteroatoms. The predicted molar refractivity (Wildman–Crippen MR) is 49.2 cm³/mol. The summed E-state index contributed by atoms with van der Waals surface area (Å²) in [6.45, 7) is 0. The summed E-state index contributed by atoms with van der Waals surface area (Å²) >= 11 is 3.31. The molecule has 0 aliphatic rings. The van der Waals surface area contributed by atoms with E-state index in [1.54, 1.807) is 6.20 Å². The van der Waals surface area contributed by atoms with Crippen LogP contribution in [-0.4, -0.2) is 17.8 Å². The smallest absolute Gasteiger partial charge is 0.130 e. The van der Waals surface area contributed by atoms with Crippen molar-refractivity contribution in [3.63, 3.8) is 0 Å². The normalized spacial score (nSPS) is 10.6. The minimum Gasteiger partial charge on any atom is -0.359 e. The fourth-order valence-electron chi connectivity index (χ4n) is 1.04. The third-order valence-electron chi connectivity index (χ3n) is 1.58. The van der Waals surface area contributed by atoms with Gasteiger partial charge in [0.1, 0.15) is 12.4 Å². The van der Waals surface area contributed by atoms with E-state index in [-0.39, 0.29) is 0 Å².